The van der Waals surface area contributed by atoms with E-state index in [1.807, 2.05) is 0 Å². The highest BCUT2D eigenvalue weighted by Gasteiger charge is 1.85. The summed E-state index contributed by atoms with van der Waals surface area (Å²) in [4.78, 5) is 13.1. The predicted octanol–water partition coefficient (Wildman–Crippen LogP) is 0.255. The molecule has 0 atom stereocenters. The minimum absolute atomic E-state index is 0. The van der Waals surface area contributed by atoms with Gasteiger partial charge in [0.15, 0.2) is 0 Å². The van der Waals surface area contributed by atoms with E-state index in [-0.39, 0.29) is 18.0 Å². The normalized spacial score (nSPS) is 8.50. The van der Waals surface area contributed by atoms with Crippen molar-refractivity contribution in [3.63, 3.8) is 0 Å². The molecule has 3 nitrogen and oxygen atoms in total. The summed E-state index contributed by atoms with van der Waals surface area (Å²) in [5.74, 6) is 0. The molecule has 1 aromatic rings. The van der Waals surface area contributed by atoms with Gasteiger partial charge in [-0.3, -0.25) is 4.79 Å². The van der Waals surface area contributed by atoms with E-state index in [4.69, 9.17) is 5.73 Å². The number of aromatic amines is 1. The van der Waals surface area contributed by atoms with Gasteiger partial charge in [0.05, 0.1) is 0 Å². The first-order valence-electron chi connectivity index (χ1n) is 2.71. The topological polar surface area (TPSA) is 58.9 Å². The first-order chi connectivity index (χ1) is 4.33. The van der Waals surface area contributed by atoms with Crippen molar-refractivity contribution in [3.05, 3.63) is 34.2 Å². The van der Waals surface area contributed by atoms with Crippen LogP contribution in [0.25, 0.3) is 0 Å². The van der Waals surface area contributed by atoms with Crippen molar-refractivity contribution >= 4 is 12.4 Å². The van der Waals surface area contributed by atoms with Gasteiger partial charge in [0.1, 0.15) is 0 Å². The minimum Gasteiger partial charge on any atom is -0.325 e. The fraction of sp³-hybridized carbons (Fsp3) is 0.167. The van der Waals surface area contributed by atoms with Crippen molar-refractivity contribution in [2.24, 2.45) is 5.73 Å². The summed E-state index contributed by atoms with van der Waals surface area (Å²) in [5, 5.41) is 0. The summed E-state index contributed by atoms with van der Waals surface area (Å²) in [5.41, 5.74) is 5.92. The lowest BCUT2D eigenvalue weighted by Gasteiger charge is -1.91. The van der Waals surface area contributed by atoms with Crippen molar-refractivity contribution in [1.82, 2.24) is 4.98 Å². The Morgan fingerprint density at radius 2 is 2.20 bits per heavy atom. The first kappa shape index (κ1) is 9.20. The highest BCUT2D eigenvalue weighted by molar-refractivity contribution is 5.85. The van der Waals surface area contributed by atoms with Gasteiger partial charge in [0, 0.05) is 18.3 Å². The Bertz CT molecular complexity index is 246. The molecule has 0 bridgehead atoms. The van der Waals surface area contributed by atoms with Crippen molar-refractivity contribution in [2.45, 2.75) is 6.54 Å². The van der Waals surface area contributed by atoms with E-state index in [1.165, 1.54) is 6.07 Å². The molecule has 0 aliphatic heterocycles. The van der Waals surface area contributed by atoms with E-state index in [2.05, 4.69) is 4.98 Å². The molecule has 0 spiro atoms. The molecule has 0 saturated carbocycles. The fourth-order valence-electron chi connectivity index (χ4n) is 0.612. The van der Waals surface area contributed by atoms with Crippen molar-refractivity contribution in [3.8, 4) is 0 Å². The molecule has 0 aliphatic carbocycles. The van der Waals surface area contributed by atoms with Crippen LogP contribution in [0.5, 0.6) is 0 Å². The van der Waals surface area contributed by atoms with Crippen molar-refractivity contribution in [2.75, 3.05) is 0 Å². The van der Waals surface area contributed by atoms with Gasteiger partial charge >= 0.3 is 0 Å². The van der Waals surface area contributed by atoms with Gasteiger partial charge in [-0.25, -0.2) is 0 Å². The number of nitrogens with one attached hydrogen (secondary N) is 1. The van der Waals surface area contributed by atoms with E-state index in [0.717, 1.165) is 5.69 Å². The molecule has 1 aromatic heterocycles. The first-order valence-corrected chi connectivity index (χ1v) is 2.71. The van der Waals surface area contributed by atoms with Gasteiger partial charge in [0.25, 0.3) is 0 Å². The molecule has 1 rings (SSSR count). The molecule has 0 saturated heterocycles. The number of hydrogen-bond donors (Lipinski definition) is 2. The highest BCUT2D eigenvalue weighted by atomic mass is 35.5. The Hall–Kier alpha value is -0.800. The number of pyridine rings is 1. The van der Waals surface area contributed by atoms with Crippen LogP contribution >= 0.6 is 12.4 Å². The number of halogens is 1. The van der Waals surface area contributed by atoms with E-state index in [0.29, 0.717) is 6.54 Å². The van der Waals surface area contributed by atoms with Gasteiger partial charge in [-0.1, -0.05) is 6.07 Å². The summed E-state index contributed by atoms with van der Waals surface area (Å²) in [6, 6.07) is 4.92. The molecule has 0 aromatic carbocycles. The lowest BCUT2D eigenvalue weighted by Crippen LogP contribution is -2.09. The molecule has 4 heteroatoms. The highest BCUT2D eigenvalue weighted by Crippen LogP contribution is 1.84. The molecule has 3 N–H and O–H groups in total. The van der Waals surface area contributed by atoms with Crippen LogP contribution in [0.15, 0.2) is 23.0 Å². The maximum atomic E-state index is 10.5. The zero-order chi connectivity index (χ0) is 6.69. The summed E-state index contributed by atoms with van der Waals surface area (Å²) >= 11 is 0. The minimum atomic E-state index is -0.0991. The average Bonchev–Trinajstić information content (AvgIpc) is 1.88. The van der Waals surface area contributed by atoms with Gasteiger partial charge in [0.2, 0.25) is 5.56 Å². The van der Waals surface area contributed by atoms with Crippen LogP contribution in [0.3, 0.4) is 0 Å². The van der Waals surface area contributed by atoms with Crippen molar-refractivity contribution in [1.29, 1.82) is 0 Å². The zero-order valence-electron chi connectivity index (χ0n) is 5.33. The van der Waals surface area contributed by atoms with Crippen LogP contribution in [0.4, 0.5) is 0 Å². The van der Waals surface area contributed by atoms with E-state index >= 15 is 0 Å². The Morgan fingerprint density at radius 1 is 1.50 bits per heavy atom. The maximum Gasteiger partial charge on any atom is 0.248 e. The molecule has 0 aliphatic rings. The standard InChI is InChI=1S/C6H8N2O.ClH/c7-4-5-2-1-3-6(9)8-5;/h1-3H,4,7H2,(H,8,9);1H. The van der Waals surface area contributed by atoms with Crippen LogP contribution < -0.4 is 11.3 Å². The number of rotatable bonds is 1. The van der Waals surface area contributed by atoms with Crippen LogP contribution in [0, 0.1) is 0 Å². The fourth-order valence-corrected chi connectivity index (χ4v) is 0.612. The van der Waals surface area contributed by atoms with Gasteiger partial charge in [-0.15, -0.1) is 12.4 Å². The summed E-state index contributed by atoms with van der Waals surface area (Å²) in [6.45, 7) is 0.385. The smallest absolute Gasteiger partial charge is 0.248 e. The number of hydrogen-bond acceptors (Lipinski definition) is 2. The van der Waals surface area contributed by atoms with E-state index < -0.39 is 0 Å². The van der Waals surface area contributed by atoms with Crippen molar-refractivity contribution < 1.29 is 0 Å². The van der Waals surface area contributed by atoms with E-state index in [1.54, 1.807) is 12.1 Å². The second-order valence-corrected chi connectivity index (χ2v) is 1.74. The molecule has 10 heavy (non-hydrogen) atoms. The lowest BCUT2D eigenvalue weighted by atomic mass is 10.4. The second kappa shape index (κ2) is 4.09. The molecule has 0 radical (unpaired) electrons. The number of aromatic nitrogens is 1. The molecular weight excluding hydrogens is 152 g/mol. The predicted molar refractivity (Wildman–Crippen MR) is 42.2 cm³/mol. The lowest BCUT2D eigenvalue weighted by molar-refractivity contribution is 0.973. The second-order valence-electron chi connectivity index (χ2n) is 1.74. The van der Waals surface area contributed by atoms with Crippen LogP contribution in [-0.4, -0.2) is 4.98 Å². The zero-order valence-corrected chi connectivity index (χ0v) is 6.15. The molecule has 0 fully saturated rings. The largest absolute Gasteiger partial charge is 0.325 e. The van der Waals surface area contributed by atoms with Crippen LogP contribution in [-0.2, 0) is 6.54 Å². The summed E-state index contributed by atoms with van der Waals surface area (Å²) in [7, 11) is 0. The molecule has 56 valence electrons. The number of nitrogens with two attached hydrogens (primary N) is 1. The molecule has 1 heterocycles. The van der Waals surface area contributed by atoms with Crippen LogP contribution in [0.2, 0.25) is 0 Å². The monoisotopic (exact) mass is 160 g/mol. The third-order valence-corrected chi connectivity index (χ3v) is 1.05. The summed E-state index contributed by atoms with van der Waals surface area (Å²) < 4.78 is 0. The summed E-state index contributed by atoms with van der Waals surface area (Å²) in [6.07, 6.45) is 0. The quantitative estimate of drug-likeness (QED) is 0.619. The Kier molecular flexibility index (Phi) is 3.76. The molecule has 0 unspecified atom stereocenters. The van der Waals surface area contributed by atoms with Crippen LogP contribution in [0.1, 0.15) is 5.69 Å². The Morgan fingerprint density at radius 3 is 2.60 bits per heavy atom. The SMILES string of the molecule is Cl.NCc1cccc(=O)[nH]1. The van der Waals surface area contributed by atoms with Gasteiger partial charge < -0.3 is 10.7 Å². The third kappa shape index (κ3) is 2.21. The Balaban J connectivity index is 0.000000810. The molecular formula is C6H9ClN2O. The third-order valence-electron chi connectivity index (χ3n) is 1.05. The molecule has 0 amide bonds. The van der Waals surface area contributed by atoms with Gasteiger partial charge in [-0.05, 0) is 6.07 Å². The maximum absolute atomic E-state index is 10.5. The average molecular weight is 161 g/mol. The van der Waals surface area contributed by atoms with E-state index in [9.17, 15) is 4.79 Å². The Labute approximate surface area is 64.7 Å². The van der Waals surface area contributed by atoms with Gasteiger partial charge in [-0.2, -0.15) is 0 Å². The number of H-pyrrole nitrogens is 1.